The van der Waals surface area contributed by atoms with Crippen LogP contribution < -0.4 is 10.2 Å². The third kappa shape index (κ3) is 5.31. The van der Waals surface area contributed by atoms with E-state index in [4.69, 9.17) is 11.6 Å². The average Bonchev–Trinajstić information content (AvgIpc) is 3.37. The fourth-order valence-electron chi connectivity index (χ4n) is 4.50. The molecule has 1 amide bonds. The van der Waals surface area contributed by atoms with E-state index in [0.717, 1.165) is 16.2 Å². The number of carbonyl (C=O) groups is 1. The molecule has 9 nitrogen and oxygen atoms in total. The summed E-state index contributed by atoms with van der Waals surface area (Å²) in [6, 6.07) is 13.0. The van der Waals surface area contributed by atoms with Crippen molar-refractivity contribution in [3.8, 4) is 17.5 Å². The number of halogens is 4. The number of hydrogen-bond donors (Lipinski definition) is 1. The number of nitrogens with zero attached hydrogens (tertiary/aromatic N) is 7. The monoisotopic (exact) mass is 554 g/mol. The van der Waals surface area contributed by atoms with E-state index in [9.17, 15) is 23.2 Å². The minimum absolute atomic E-state index is 0.00722. The Hall–Kier alpha value is -4.37. The quantitative estimate of drug-likeness (QED) is 0.381. The Labute approximate surface area is 226 Å². The van der Waals surface area contributed by atoms with Gasteiger partial charge in [-0.15, -0.1) is 0 Å². The number of hydrogen-bond acceptors (Lipinski definition) is 7. The van der Waals surface area contributed by atoms with Crippen LogP contribution in [0, 0.1) is 11.3 Å². The van der Waals surface area contributed by atoms with Crippen molar-refractivity contribution in [3.05, 3.63) is 71.1 Å². The molecule has 0 saturated carbocycles. The molecule has 1 atom stereocenters. The highest BCUT2D eigenvalue weighted by Crippen LogP contribution is 2.28. The maximum absolute atomic E-state index is 12.8. The Morgan fingerprint density at radius 2 is 1.90 bits per heavy atom. The van der Waals surface area contributed by atoms with Crippen molar-refractivity contribution in [3.63, 3.8) is 0 Å². The van der Waals surface area contributed by atoms with Gasteiger partial charge in [0.1, 0.15) is 11.8 Å². The molecule has 3 aromatic heterocycles. The number of pyridine rings is 1. The minimum Gasteiger partial charge on any atom is -0.368 e. The molecule has 39 heavy (non-hydrogen) atoms. The van der Waals surface area contributed by atoms with Gasteiger partial charge in [-0.25, -0.2) is 15.0 Å². The predicted molar refractivity (Wildman–Crippen MR) is 139 cm³/mol. The number of fused-ring (bicyclic) bond motifs is 1. The van der Waals surface area contributed by atoms with Crippen LogP contribution in [0.2, 0.25) is 5.02 Å². The Morgan fingerprint density at radius 3 is 2.62 bits per heavy atom. The van der Waals surface area contributed by atoms with Gasteiger partial charge in [-0.2, -0.15) is 18.4 Å². The minimum atomic E-state index is -4.87. The van der Waals surface area contributed by atoms with Crippen molar-refractivity contribution >= 4 is 34.8 Å². The summed E-state index contributed by atoms with van der Waals surface area (Å²) in [5.74, 6) is -1.50. The van der Waals surface area contributed by atoms with E-state index < -0.39 is 12.1 Å². The molecule has 0 unspecified atom stereocenters. The zero-order valence-corrected chi connectivity index (χ0v) is 21.4. The van der Waals surface area contributed by atoms with Crippen LogP contribution in [-0.4, -0.2) is 62.5 Å². The Kier molecular flexibility index (Phi) is 7.01. The lowest BCUT2D eigenvalue weighted by atomic mass is 10.1. The summed E-state index contributed by atoms with van der Waals surface area (Å²) in [6.45, 7) is 2.49. The number of piperazine rings is 1. The molecule has 13 heteroatoms. The normalized spacial score (nSPS) is 14.8. The third-order valence-corrected chi connectivity index (χ3v) is 6.83. The summed E-state index contributed by atoms with van der Waals surface area (Å²) in [5.41, 5.74) is 3.55. The van der Waals surface area contributed by atoms with Crippen molar-refractivity contribution in [1.82, 2.24) is 24.3 Å². The maximum Gasteiger partial charge on any atom is 0.471 e. The number of anilines is 2. The molecule has 4 heterocycles. The van der Waals surface area contributed by atoms with E-state index in [1.165, 1.54) is 6.20 Å². The first-order valence-corrected chi connectivity index (χ1v) is 12.4. The van der Waals surface area contributed by atoms with Gasteiger partial charge in [-0.05, 0) is 36.8 Å². The summed E-state index contributed by atoms with van der Waals surface area (Å²) in [4.78, 5) is 27.6. The van der Waals surface area contributed by atoms with Crippen LogP contribution in [0.4, 0.5) is 24.8 Å². The SMILES string of the molecule is C[C@H](Nc1ncc(C#N)c(-c2cnc3c(Cl)cccn23)n1)c1cccc(N2CCN(C(=O)C(F)(F)F)CC2)c1. The van der Waals surface area contributed by atoms with Crippen LogP contribution in [0.3, 0.4) is 0 Å². The van der Waals surface area contributed by atoms with Crippen molar-refractivity contribution < 1.29 is 18.0 Å². The number of nitriles is 1. The lowest BCUT2D eigenvalue weighted by Crippen LogP contribution is -2.52. The molecule has 1 fully saturated rings. The lowest BCUT2D eigenvalue weighted by molar-refractivity contribution is -0.185. The highest BCUT2D eigenvalue weighted by molar-refractivity contribution is 6.33. The van der Waals surface area contributed by atoms with Crippen LogP contribution in [0.15, 0.2) is 55.0 Å². The second-order valence-corrected chi connectivity index (χ2v) is 9.41. The first-order valence-electron chi connectivity index (χ1n) is 12.0. The number of benzene rings is 1. The molecule has 0 aliphatic carbocycles. The first-order chi connectivity index (χ1) is 18.7. The fourth-order valence-corrected chi connectivity index (χ4v) is 4.71. The zero-order chi connectivity index (χ0) is 27.7. The van der Waals surface area contributed by atoms with Gasteiger partial charge in [0.05, 0.1) is 34.7 Å². The topological polar surface area (TPSA) is 102 Å². The van der Waals surface area contributed by atoms with Gasteiger partial charge in [0.2, 0.25) is 5.95 Å². The largest absolute Gasteiger partial charge is 0.471 e. The predicted octanol–water partition coefficient (Wildman–Crippen LogP) is 4.70. The van der Waals surface area contributed by atoms with Crippen LogP contribution in [0.5, 0.6) is 0 Å². The number of alkyl halides is 3. The number of carbonyl (C=O) groups excluding carboxylic acids is 1. The Bertz CT molecular complexity index is 1570. The van der Waals surface area contributed by atoms with Gasteiger partial charge in [0, 0.05) is 38.1 Å². The van der Waals surface area contributed by atoms with E-state index in [1.54, 1.807) is 28.9 Å². The zero-order valence-electron chi connectivity index (χ0n) is 20.7. The second kappa shape index (κ2) is 10.4. The Balaban J connectivity index is 1.33. The van der Waals surface area contributed by atoms with Gasteiger partial charge in [-0.3, -0.25) is 9.20 Å². The summed E-state index contributed by atoms with van der Waals surface area (Å²) < 4.78 is 40.0. The highest BCUT2D eigenvalue weighted by Gasteiger charge is 2.43. The molecule has 1 aliphatic rings. The molecule has 0 radical (unpaired) electrons. The summed E-state index contributed by atoms with van der Waals surface area (Å²) >= 11 is 6.25. The fraction of sp³-hybridized carbons (Fsp3) is 0.269. The molecule has 5 rings (SSSR count). The molecule has 1 aromatic carbocycles. The third-order valence-electron chi connectivity index (χ3n) is 6.53. The van der Waals surface area contributed by atoms with Gasteiger partial charge >= 0.3 is 12.1 Å². The van der Waals surface area contributed by atoms with Crippen molar-refractivity contribution in [2.75, 3.05) is 36.4 Å². The van der Waals surface area contributed by atoms with Crippen molar-refractivity contribution in [2.24, 2.45) is 0 Å². The van der Waals surface area contributed by atoms with Gasteiger partial charge in [0.15, 0.2) is 5.65 Å². The van der Waals surface area contributed by atoms with E-state index >= 15 is 0 Å². The molecule has 0 bridgehead atoms. The maximum atomic E-state index is 12.8. The van der Waals surface area contributed by atoms with Crippen LogP contribution in [-0.2, 0) is 4.79 Å². The molecule has 1 N–H and O–H groups in total. The lowest BCUT2D eigenvalue weighted by Gasteiger charge is -2.36. The van der Waals surface area contributed by atoms with E-state index in [2.05, 4.69) is 26.3 Å². The molecule has 0 spiro atoms. The van der Waals surface area contributed by atoms with Crippen molar-refractivity contribution in [2.45, 2.75) is 19.1 Å². The Morgan fingerprint density at radius 1 is 1.13 bits per heavy atom. The van der Waals surface area contributed by atoms with E-state index in [-0.39, 0.29) is 24.7 Å². The molecular weight excluding hydrogens is 533 g/mol. The molecule has 1 saturated heterocycles. The number of nitrogens with one attached hydrogen (secondary N) is 1. The van der Waals surface area contributed by atoms with E-state index in [1.807, 2.05) is 36.1 Å². The number of amides is 1. The summed E-state index contributed by atoms with van der Waals surface area (Å²) in [6.07, 6.45) is -0.0375. The average molecular weight is 555 g/mol. The van der Waals surface area contributed by atoms with Crippen molar-refractivity contribution in [1.29, 1.82) is 5.26 Å². The standard InChI is InChI=1S/C26H22ClF3N8O/c1-16(17-4-2-5-19(12-17)36-8-10-37(11-9-36)24(39)26(28,29)30)34-25-33-14-18(13-31)22(35-25)21-15-32-23-20(27)6-3-7-38(21)23/h2-7,12,14-16H,8-11H2,1H3,(H,33,34,35)/t16-/m0/s1. The molecular formula is C26H22ClF3N8O. The van der Waals surface area contributed by atoms with Gasteiger partial charge in [-0.1, -0.05) is 23.7 Å². The number of rotatable bonds is 5. The summed E-state index contributed by atoms with van der Waals surface area (Å²) in [5, 5.41) is 13.4. The van der Waals surface area contributed by atoms with Crippen LogP contribution in [0.25, 0.3) is 17.0 Å². The highest BCUT2D eigenvalue weighted by atomic mass is 35.5. The van der Waals surface area contributed by atoms with Crippen LogP contribution >= 0.6 is 11.6 Å². The van der Waals surface area contributed by atoms with E-state index in [0.29, 0.717) is 41.1 Å². The summed E-state index contributed by atoms with van der Waals surface area (Å²) in [7, 11) is 0. The first kappa shape index (κ1) is 26.2. The molecule has 200 valence electrons. The molecule has 1 aliphatic heterocycles. The molecule has 4 aromatic rings. The smallest absolute Gasteiger partial charge is 0.368 e. The number of imidazole rings is 1. The van der Waals surface area contributed by atoms with Crippen LogP contribution in [0.1, 0.15) is 24.1 Å². The van der Waals surface area contributed by atoms with Gasteiger partial charge < -0.3 is 15.1 Å². The second-order valence-electron chi connectivity index (χ2n) is 9.00. The number of aromatic nitrogens is 4. The van der Waals surface area contributed by atoms with Gasteiger partial charge in [0.25, 0.3) is 0 Å².